The number of thiophene rings is 1. The highest BCUT2D eigenvalue weighted by Crippen LogP contribution is 2.22. The molecule has 0 spiro atoms. The number of halogens is 1. The van der Waals surface area contributed by atoms with Gasteiger partial charge >= 0.3 is 5.69 Å². The predicted molar refractivity (Wildman–Crippen MR) is 118 cm³/mol. The molecule has 0 bridgehead atoms. The van der Waals surface area contributed by atoms with E-state index in [1.165, 1.54) is 34.1 Å². The number of aryl methyl sites for hydroxylation is 1. The second-order valence-corrected chi connectivity index (χ2v) is 8.33. The molecule has 0 atom stereocenters. The van der Waals surface area contributed by atoms with E-state index in [0.29, 0.717) is 26.6 Å². The van der Waals surface area contributed by atoms with Crippen LogP contribution in [0.2, 0.25) is 5.02 Å². The number of amides is 1. The fourth-order valence-corrected chi connectivity index (χ4v) is 4.36. The highest BCUT2D eigenvalue weighted by atomic mass is 35.5. The summed E-state index contributed by atoms with van der Waals surface area (Å²) in [6.45, 7) is 1.53. The molecule has 0 radical (unpaired) electrons. The lowest BCUT2D eigenvalue weighted by molar-refractivity contribution is -0.116. The number of carbonyl (C=O) groups is 1. The predicted octanol–water partition coefficient (Wildman–Crippen LogP) is 3.52. The summed E-state index contributed by atoms with van der Waals surface area (Å²) in [6, 6.07) is 14.2. The van der Waals surface area contributed by atoms with E-state index in [4.69, 9.17) is 11.6 Å². The Morgan fingerprint density at radius 1 is 1.13 bits per heavy atom. The Hall–Kier alpha value is -3.36. The van der Waals surface area contributed by atoms with Crippen LogP contribution in [0.4, 0.5) is 5.69 Å². The molecule has 0 aliphatic heterocycles. The minimum atomic E-state index is -0.636. The molecule has 7 nitrogen and oxygen atoms in total. The van der Waals surface area contributed by atoms with Crippen molar-refractivity contribution in [3.05, 3.63) is 85.3 Å². The first kappa shape index (κ1) is 19.9. The molecule has 0 aliphatic carbocycles. The number of aromatic nitrogens is 2. The Balaban J connectivity index is 1.84. The van der Waals surface area contributed by atoms with Gasteiger partial charge in [0.15, 0.2) is 0 Å². The second kappa shape index (κ2) is 7.81. The van der Waals surface area contributed by atoms with E-state index in [1.54, 1.807) is 36.4 Å². The van der Waals surface area contributed by atoms with Gasteiger partial charge < -0.3 is 10.4 Å². The van der Waals surface area contributed by atoms with Crippen molar-refractivity contribution in [3.63, 3.8) is 0 Å². The number of aromatic hydroxyl groups is 1. The molecule has 4 rings (SSSR count). The van der Waals surface area contributed by atoms with Gasteiger partial charge in [0.1, 0.15) is 17.1 Å². The zero-order chi connectivity index (χ0) is 21.4. The summed E-state index contributed by atoms with van der Waals surface area (Å²) in [5, 5.41) is 12.9. The number of fused-ring (bicyclic) bond motifs is 1. The highest BCUT2D eigenvalue weighted by molar-refractivity contribution is 7.18. The Morgan fingerprint density at radius 2 is 1.90 bits per heavy atom. The van der Waals surface area contributed by atoms with Crippen LogP contribution in [0, 0.1) is 6.92 Å². The summed E-state index contributed by atoms with van der Waals surface area (Å²) in [6.07, 6.45) is 0. The molecule has 9 heteroatoms. The van der Waals surface area contributed by atoms with Crippen LogP contribution in [-0.4, -0.2) is 20.1 Å². The standard InChI is InChI=1S/C21H16ClN3O4S/c1-12-8-17-19(28)25(15-6-2-4-13(22)9-15)21(29)24(20(17)30-12)11-18(27)23-14-5-3-7-16(26)10-14/h2-10,26H,11H2,1H3,(H,23,27). The molecule has 2 aromatic heterocycles. The first-order valence-electron chi connectivity index (χ1n) is 8.94. The summed E-state index contributed by atoms with van der Waals surface area (Å²) in [4.78, 5) is 40.2. The van der Waals surface area contributed by atoms with Gasteiger partial charge in [0.05, 0.1) is 11.1 Å². The molecule has 4 aromatic rings. The van der Waals surface area contributed by atoms with E-state index in [9.17, 15) is 19.5 Å². The van der Waals surface area contributed by atoms with Crippen molar-refractivity contribution in [3.8, 4) is 11.4 Å². The van der Waals surface area contributed by atoms with Crippen molar-refractivity contribution < 1.29 is 9.90 Å². The second-order valence-electron chi connectivity index (χ2n) is 6.66. The van der Waals surface area contributed by atoms with Crippen molar-refractivity contribution in [1.82, 2.24) is 9.13 Å². The number of hydrogen-bond acceptors (Lipinski definition) is 5. The molecule has 1 amide bonds. The molecule has 2 heterocycles. The van der Waals surface area contributed by atoms with Crippen molar-refractivity contribution in [2.45, 2.75) is 13.5 Å². The number of anilines is 1. The van der Waals surface area contributed by atoms with E-state index in [1.807, 2.05) is 6.92 Å². The molecule has 152 valence electrons. The maximum atomic E-state index is 13.2. The molecule has 0 saturated heterocycles. The van der Waals surface area contributed by atoms with Crippen LogP contribution in [-0.2, 0) is 11.3 Å². The third kappa shape index (κ3) is 3.74. The normalized spacial score (nSPS) is 11.0. The average molecular weight is 442 g/mol. The van der Waals surface area contributed by atoms with Crippen molar-refractivity contribution in [2.75, 3.05) is 5.32 Å². The van der Waals surface area contributed by atoms with Gasteiger partial charge in [-0.2, -0.15) is 0 Å². The topological polar surface area (TPSA) is 93.3 Å². The number of hydrogen-bond donors (Lipinski definition) is 2. The van der Waals surface area contributed by atoms with Crippen LogP contribution < -0.4 is 16.6 Å². The first-order valence-corrected chi connectivity index (χ1v) is 10.1. The number of rotatable bonds is 4. The molecule has 0 saturated carbocycles. The van der Waals surface area contributed by atoms with Gasteiger partial charge in [0, 0.05) is 21.7 Å². The van der Waals surface area contributed by atoms with Crippen molar-refractivity contribution in [2.24, 2.45) is 0 Å². The van der Waals surface area contributed by atoms with E-state index in [-0.39, 0.29) is 12.3 Å². The molecular weight excluding hydrogens is 426 g/mol. The molecule has 30 heavy (non-hydrogen) atoms. The minimum Gasteiger partial charge on any atom is -0.508 e. The third-order valence-electron chi connectivity index (χ3n) is 4.43. The van der Waals surface area contributed by atoms with Gasteiger partial charge in [-0.1, -0.05) is 23.7 Å². The van der Waals surface area contributed by atoms with Gasteiger partial charge in [-0.3, -0.25) is 14.2 Å². The van der Waals surface area contributed by atoms with Gasteiger partial charge in [0.2, 0.25) is 5.91 Å². The third-order valence-corrected chi connectivity index (χ3v) is 5.74. The summed E-state index contributed by atoms with van der Waals surface area (Å²) in [7, 11) is 0. The summed E-state index contributed by atoms with van der Waals surface area (Å²) >= 11 is 7.31. The van der Waals surface area contributed by atoms with Gasteiger partial charge in [0.25, 0.3) is 5.56 Å². The van der Waals surface area contributed by atoms with Crippen LogP contribution in [0.15, 0.2) is 64.2 Å². The summed E-state index contributed by atoms with van der Waals surface area (Å²) in [5.74, 6) is -0.456. The Bertz CT molecular complexity index is 1400. The molecule has 0 fully saturated rings. The summed E-state index contributed by atoms with van der Waals surface area (Å²) in [5.41, 5.74) is -0.380. The van der Waals surface area contributed by atoms with E-state index in [2.05, 4.69) is 5.32 Å². The molecule has 2 N–H and O–H groups in total. The van der Waals surface area contributed by atoms with Crippen LogP contribution in [0.5, 0.6) is 5.75 Å². The van der Waals surface area contributed by atoms with E-state index in [0.717, 1.165) is 9.44 Å². The van der Waals surface area contributed by atoms with Gasteiger partial charge in [-0.25, -0.2) is 9.36 Å². The van der Waals surface area contributed by atoms with Crippen LogP contribution in [0.25, 0.3) is 15.9 Å². The molecule has 2 aromatic carbocycles. The molecule has 0 unspecified atom stereocenters. The SMILES string of the molecule is Cc1cc2c(=O)n(-c3cccc(Cl)c3)c(=O)n(CC(=O)Nc3cccc(O)c3)c2s1. The average Bonchev–Trinajstić information content (AvgIpc) is 3.07. The van der Waals surface area contributed by atoms with Crippen LogP contribution in [0.1, 0.15) is 4.88 Å². The van der Waals surface area contributed by atoms with Gasteiger partial charge in [-0.05, 0) is 43.3 Å². The Kier molecular flexibility index (Phi) is 5.19. The van der Waals surface area contributed by atoms with Crippen molar-refractivity contribution in [1.29, 1.82) is 0 Å². The number of nitrogens with one attached hydrogen (secondary N) is 1. The van der Waals surface area contributed by atoms with E-state index >= 15 is 0 Å². The number of nitrogens with zero attached hydrogens (tertiary/aromatic N) is 2. The van der Waals surface area contributed by atoms with Crippen LogP contribution >= 0.6 is 22.9 Å². The number of phenolic OH excluding ortho intramolecular Hbond substituents is 1. The summed E-state index contributed by atoms with van der Waals surface area (Å²) < 4.78 is 2.29. The van der Waals surface area contributed by atoms with E-state index < -0.39 is 17.2 Å². The lowest BCUT2D eigenvalue weighted by atomic mass is 10.3. The molecular formula is C21H16ClN3O4S. The maximum absolute atomic E-state index is 13.2. The fourth-order valence-electron chi connectivity index (χ4n) is 3.18. The number of carbonyl (C=O) groups excluding carboxylic acids is 1. The maximum Gasteiger partial charge on any atom is 0.337 e. The van der Waals surface area contributed by atoms with Crippen molar-refractivity contribution >= 4 is 44.7 Å². The lowest BCUT2D eigenvalue weighted by Gasteiger charge is -2.12. The fraction of sp³-hybridized carbons (Fsp3) is 0.0952. The Morgan fingerprint density at radius 3 is 2.63 bits per heavy atom. The largest absolute Gasteiger partial charge is 0.508 e. The minimum absolute atomic E-state index is 0.00995. The smallest absolute Gasteiger partial charge is 0.337 e. The highest BCUT2D eigenvalue weighted by Gasteiger charge is 2.19. The lowest BCUT2D eigenvalue weighted by Crippen LogP contribution is -2.40. The quantitative estimate of drug-likeness (QED) is 0.506. The monoisotopic (exact) mass is 441 g/mol. The molecule has 0 aliphatic rings. The first-order chi connectivity index (χ1) is 14.3. The zero-order valence-electron chi connectivity index (χ0n) is 15.8. The number of phenols is 1. The van der Waals surface area contributed by atoms with Crippen LogP contribution in [0.3, 0.4) is 0 Å². The number of benzene rings is 2. The Labute approximate surface area is 179 Å². The van der Waals surface area contributed by atoms with Gasteiger partial charge in [-0.15, -0.1) is 11.3 Å². The zero-order valence-corrected chi connectivity index (χ0v) is 17.3.